The zero-order valence-electron chi connectivity index (χ0n) is 12.7. The minimum Gasteiger partial charge on any atom is -0.481 e. The van der Waals surface area contributed by atoms with Gasteiger partial charge in [-0.3, -0.25) is 9.48 Å². The molecule has 114 valence electrons. The smallest absolute Gasteiger partial charge is 0.313 e. The molecule has 1 N–H and O–H groups in total. The van der Waals surface area contributed by atoms with E-state index in [-0.39, 0.29) is 5.75 Å². The van der Waals surface area contributed by atoms with Crippen molar-refractivity contribution in [1.29, 1.82) is 0 Å². The SMILES string of the molecule is Cc1nn(C)cc1Cn1c(C(C)C)cnc1SCC(=O)O. The molecule has 6 nitrogen and oxygen atoms in total. The first kappa shape index (κ1) is 15.6. The topological polar surface area (TPSA) is 72.9 Å². The Bertz CT molecular complexity index is 645. The molecule has 0 unspecified atom stereocenters. The summed E-state index contributed by atoms with van der Waals surface area (Å²) in [5.41, 5.74) is 3.20. The number of hydrogen-bond acceptors (Lipinski definition) is 4. The summed E-state index contributed by atoms with van der Waals surface area (Å²) in [6, 6.07) is 0. The molecule has 0 saturated heterocycles. The molecule has 21 heavy (non-hydrogen) atoms. The van der Waals surface area contributed by atoms with E-state index in [4.69, 9.17) is 5.11 Å². The average Bonchev–Trinajstić information content (AvgIpc) is 2.91. The van der Waals surface area contributed by atoms with Crippen LogP contribution in [0.4, 0.5) is 0 Å². The summed E-state index contributed by atoms with van der Waals surface area (Å²) in [6.45, 7) is 6.85. The van der Waals surface area contributed by atoms with Gasteiger partial charge >= 0.3 is 5.97 Å². The summed E-state index contributed by atoms with van der Waals surface area (Å²) >= 11 is 1.25. The number of imidazole rings is 1. The second kappa shape index (κ2) is 6.34. The van der Waals surface area contributed by atoms with Gasteiger partial charge < -0.3 is 9.67 Å². The van der Waals surface area contributed by atoms with Crippen molar-refractivity contribution in [3.05, 3.63) is 29.3 Å². The van der Waals surface area contributed by atoms with E-state index in [1.165, 1.54) is 11.8 Å². The summed E-state index contributed by atoms with van der Waals surface area (Å²) in [7, 11) is 1.90. The number of aryl methyl sites for hydroxylation is 2. The van der Waals surface area contributed by atoms with Crippen molar-refractivity contribution in [3.8, 4) is 0 Å². The first-order valence-corrected chi connectivity index (χ1v) is 7.76. The molecule has 0 radical (unpaired) electrons. The number of carboxylic acid groups (broad SMARTS) is 1. The second-order valence-corrected chi connectivity index (χ2v) is 6.24. The fourth-order valence-corrected chi connectivity index (χ4v) is 2.91. The van der Waals surface area contributed by atoms with Gasteiger partial charge in [-0.15, -0.1) is 0 Å². The van der Waals surface area contributed by atoms with Crippen LogP contribution in [0.3, 0.4) is 0 Å². The molecule has 0 aliphatic carbocycles. The summed E-state index contributed by atoms with van der Waals surface area (Å²) in [4.78, 5) is 15.1. The van der Waals surface area contributed by atoms with E-state index < -0.39 is 5.97 Å². The number of aliphatic carboxylic acids is 1. The van der Waals surface area contributed by atoms with Crippen LogP contribution in [0, 0.1) is 6.92 Å². The van der Waals surface area contributed by atoms with Crippen LogP contribution < -0.4 is 0 Å². The van der Waals surface area contributed by atoms with Gasteiger partial charge in [0.2, 0.25) is 0 Å². The summed E-state index contributed by atoms with van der Waals surface area (Å²) in [5.74, 6) is -0.493. The standard InChI is InChI=1S/C14H20N4O2S/c1-9(2)12-5-15-14(21-8-13(19)20)18(12)7-11-6-17(4)16-10(11)3/h5-6,9H,7-8H2,1-4H3,(H,19,20). The average molecular weight is 308 g/mol. The molecule has 0 aliphatic rings. The monoisotopic (exact) mass is 308 g/mol. The van der Waals surface area contributed by atoms with Crippen LogP contribution in [0.1, 0.15) is 36.7 Å². The predicted molar refractivity (Wildman–Crippen MR) is 81.7 cm³/mol. The number of nitrogens with zero attached hydrogens (tertiary/aromatic N) is 4. The molecule has 0 spiro atoms. The highest BCUT2D eigenvalue weighted by atomic mass is 32.2. The lowest BCUT2D eigenvalue weighted by atomic mass is 10.1. The Labute approximate surface area is 128 Å². The quantitative estimate of drug-likeness (QED) is 0.829. The molecule has 0 fully saturated rings. The lowest BCUT2D eigenvalue weighted by Crippen LogP contribution is -2.09. The molecule has 7 heteroatoms. The Kier molecular flexibility index (Phi) is 4.72. The van der Waals surface area contributed by atoms with Crippen molar-refractivity contribution in [1.82, 2.24) is 19.3 Å². The Hall–Kier alpha value is -1.76. The zero-order chi connectivity index (χ0) is 15.6. The van der Waals surface area contributed by atoms with E-state index in [0.717, 1.165) is 22.1 Å². The molecule has 0 bridgehead atoms. The van der Waals surface area contributed by atoms with Gasteiger partial charge in [-0.05, 0) is 12.8 Å². The summed E-state index contributed by atoms with van der Waals surface area (Å²) < 4.78 is 3.88. The number of carboxylic acids is 1. The number of carbonyl (C=O) groups is 1. The Balaban J connectivity index is 2.32. The van der Waals surface area contributed by atoms with Crippen LogP contribution in [-0.2, 0) is 18.4 Å². The van der Waals surface area contributed by atoms with E-state index >= 15 is 0 Å². The largest absolute Gasteiger partial charge is 0.481 e. The Morgan fingerprint density at radius 1 is 1.48 bits per heavy atom. The lowest BCUT2D eigenvalue weighted by Gasteiger charge is -2.13. The highest BCUT2D eigenvalue weighted by Crippen LogP contribution is 2.25. The van der Waals surface area contributed by atoms with Gasteiger partial charge in [0.15, 0.2) is 5.16 Å². The van der Waals surface area contributed by atoms with E-state index in [9.17, 15) is 4.79 Å². The lowest BCUT2D eigenvalue weighted by molar-refractivity contribution is -0.133. The molecule has 2 heterocycles. The summed E-state index contributed by atoms with van der Waals surface area (Å²) in [5, 5.41) is 13.9. The van der Waals surface area contributed by atoms with Gasteiger partial charge in [0.1, 0.15) is 0 Å². The first-order chi connectivity index (χ1) is 9.88. The molecule has 2 aromatic heterocycles. The zero-order valence-corrected chi connectivity index (χ0v) is 13.5. The number of hydrogen-bond donors (Lipinski definition) is 1. The molecule has 0 amide bonds. The van der Waals surface area contributed by atoms with Crippen molar-refractivity contribution in [2.75, 3.05) is 5.75 Å². The van der Waals surface area contributed by atoms with Crippen LogP contribution >= 0.6 is 11.8 Å². The third kappa shape index (κ3) is 3.66. The maximum atomic E-state index is 10.8. The van der Waals surface area contributed by atoms with Crippen molar-refractivity contribution >= 4 is 17.7 Å². The number of thioether (sulfide) groups is 1. The fourth-order valence-electron chi connectivity index (χ4n) is 2.21. The molecule has 0 atom stereocenters. The molecule has 0 aromatic carbocycles. The Morgan fingerprint density at radius 2 is 2.19 bits per heavy atom. The fraction of sp³-hybridized carbons (Fsp3) is 0.500. The van der Waals surface area contributed by atoms with E-state index in [2.05, 4.69) is 28.5 Å². The maximum Gasteiger partial charge on any atom is 0.313 e. The van der Waals surface area contributed by atoms with Gasteiger partial charge in [-0.1, -0.05) is 25.6 Å². The first-order valence-electron chi connectivity index (χ1n) is 6.77. The second-order valence-electron chi connectivity index (χ2n) is 5.30. The van der Waals surface area contributed by atoms with Crippen LogP contribution in [0.2, 0.25) is 0 Å². The van der Waals surface area contributed by atoms with Crippen LogP contribution in [0.5, 0.6) is 0 Å². The minimum atomic E-state index is -0.835. The van der Waals surface area contributed by atoms with Gasteiger partial charge in [0.05, 0.1) is 18.0 Å². The highest BCUT2D eigenvalue weighted by Gasteiger charge is 2.16. The number of aromatic nitrogens is 4. The number of rotatable bonds is 6. The van der Waals surface area contributed by atoms with E-state index in [1.807, 2.05) is 26.4 Å². The highest BCUT2D eigenvalue weighted by molar-refractivity contribution is 7.99. The van der Waals surface area contributed by atoms with Gasteiger partial charge in [0, 0.05) is 30.7 Å². The van der Waals surface area contributed by atoms with Crippen molar-refractivity contribution < 1.29 is 9.90 Å². The normalized spacial score (nSPS) is 11.3. The van der Waals surface area contributed by atoms with Crippen LogP contribution in [-0.4, -0.2) is 36.2 Å². The molecule has 0 saturated carbocycles. The van der Waals surface area contributed by atoms with E-state index in [1.54, 1.807) is 4.68 Å². The van der Waals surface area contributed by atoms with Gasteiger partial charge in [0.25, 0.3) is 0 Å². The molecule has 2 aromatic rings. The third-order valence-corrected chi connectivity index (χ3v) is 4.18. The van der Waals surface area contributed by atoms with Gasteiger partial charge in [-0.2, -0.15) is 5.10 Å². The minimum absolute atomic E-state index is 0.0145. The maximum absolute atomic E-state index is 10.8. The van der Waals surface area contributed by atoms with Crippen LogP contribution in [0.25, 0.3) is 0 Å². The molecule has 2 rings (SSSR count). The summed E-state index contributed by atoms with van der Waals surface area (Å²) in [6.07, 6.45) is 3.83. The van der Waals surface area contributed by atoms with Crippen molar-refractivity contribution in [3.63, 3.8) is 0 Å². The molecule has 0 aliphatic heterocycles. The van der Waals surface area contributed by atoms with Crippen molar-refractivity contribution in [2.45, 2.75) is 38.4 Å². The predicted octanol–water partition coefficient (Wildman–Crippen LogP) is 2.27. The van der Waals surface area contributed by atoms with Gasteiger partial charge in [-0.25, -0.2) is 4.98 Å². The molecular formula is C14H20N4O2S. The Morgan fingerprint density at radius 3 is 2.71 bits per heavy atom. The van der Waals surface area contributed by atoms with Crippen molar-refractivity contribution in [2.24, 2.45) is 7.05 Å². The van der Waals surface area contributed by atoms with Crippen LogP contribution in [0.15, 0.2) is 17.6 Å². The third-order valence-electron chi connectivity index (χ3n) is 3.21. The molecular weight excluding hydrogens is 288 g/mol. The van der Waals surface area contributed by atoms with E-state index in [0.29, 0.717) is 12.5 Å².